The average molecular weight is 346 g/mol. The molecule has 1 aromatic rings. The summed E-state index contributed by atoms with van der Waals surface area (Å²) in [5, 5.41) is 0. The number of fused-ring (bicyclic) bond motifs is 1. The number of nitrogens with two attached hydrogens (primary N) is 1. The maximum atomic E-state index is 12.3. The molecule has 2 saturated heterocycles. The lowest BCUT2D eigenvalue weighted by Crippen LogP contribution is -2.52. The van der Waals surface area contributed by atoms with Crippen LogP contribution in [0.3, 0.4) is 0 Å². The second-order valence-electron chi connectivity index (χ2n) is 5.87. The number of anilines is 1. The minimum atomic E-state index is 0. The quantitative estimate of drug-likeness (QED) is 0.855. The van der Waals surface area contributed by atoms with Gasteiger partial charge in [0, 0.05) is 37.8 Å². The van der Waals surface area contributed by atoms with Gasteiger partial charge in [0.1, 0.15) is 0 Å². The van der Waals surface area contributed by atoms with Gasteiger partial charge in [0.2, 0.25) is 5.91 Å². The smallest absolute Gasteiger partial charge is 0.222 e. The molecule has 0 spiro atoms. The molecular weight excluding hydrogens is 321 g/mol. The molecule has 2 aliphatic heterocycles. The number of hydrogen-bond donors (Lipinski definition) is 1. The fourth-order valence-electron chi connectivity index (χ4n) is 3.38. The first-order chi connectivity index (χ1) is 9.74. The van der Waals surface area contributed by atoms with Gasteiger partial charge in [-0.15, -0.1) is 24.8 Å². The van der Waals surface area contributed by atoms with Crippen molar-refractivity contribution in [2.45, 2.75) is 31.7 Å². The number of halogens is 2. The number of amides is 1. The number of aryl methyl sites for hydroxylation is 1. The zero-order valence-corrected chi connectivity index (χ0v) is 14.4. The van der Waals surface area contributed by atoms with Crippen LogP contribution in [0.25, 0.3) is 0 Å². The molecule has 6 heteroatoms. The summed E-state index contributed by atoms with van der Waals surface area (Å²) in [6.07, 6.45) is 3.85. The van der Waals surface area contributed by atoms with E-state index in [4.69, 9.17) is 5.73 Å². The van der Waals surface area contributed by atoms with E-state index in [9.17, 15) is 4.79 Å². The van der Waals surface area contributed by atoms with Gasteiger partial charge in [-0.25, -0.2) is 0 Å². The Morgan fingerprint density at radius 3 is 2.73 bits per heavy atom. The van der Waals surface area contributed by atoms with E-state index >= 15 is 0 Å². The summed E-state index contributed by atoms with van der Waals surface area (Å²) in [6.45, 7) is 4.07. The van der Waals surface area contributed by atoms with Gasteiger partial charge in [0.25, 0.3) is 0 Å². The van der Waals surface area contributed by atoms with E-state index in [0.717, 1.165) is 37.3 Å². The number of rotatable bonds is 3. The summed E-state index contributed by atoms with van der Waals surface area (Å²) >= 11 is 0. The third-order valence-corrected chi connectivity index (χ3v) is 4.60. The number of carbonyl (C=O) groups excluding carboxylic acids is 1. The fourth-order valence-corrected chi connectivity index (χ4v) is 3.38. The first kappa shape index (κ1) is 19.1. The van der Waals surface area contributed by atoms with Gasteiger partial charge in [0.05, 0.1) is 0 Å². The van der Waals surface area contributed by atoms with Crippen molar-refractivity contribution in [2.24, 2.45) is 0 Å². The van der Waals surface area contributed by atoms with E-state index in [1.807, 2.05) is 29.2 Å². The van der Waals surface area contributed by atoms with Crippen LogP contribution in [0, 0.1) is 0 Å². The van der Waals surface area contributed by atoms with Gasteiger partial charge in [0.15, 0.2) is 0 Å². The number of carbonyl (C=O) groups is 1. The number of benzene rings is 1. The highest BCUT2D eigenvalue weighted by Crippen LogP contribution is 2.22. The topological polar surface area (TPSA) is 49.6 Å². The van der Waals surface area contributed by atoms with E-state index in [2.05, 4.69) is 4.90 Å². The number of para-hydroxylation sites is 1. The highest BCUT2D eigenvalue weighted by molar-refractivity contribution is 5.85. The molecule has 0 aromatic heterocycles. The van der Waals surface area contributed by atoms with Gasteiger partial charge >= 0.3 is 0 Å². The first-order valence-corrected chi connectivity index (χ1v) is 7.59. The van der Waals surface area contributed by atoms with E-state index < -0.39 is 0 Å². The first-order valence-electron chi connectivity index (χ1n) is 7.59. The van der Waals surface area contributed by atoms with Crippen molar-refractivity contribution in [2.75, 3.05) is 31.9 Å². The molecule has 0 radical (unpaired) electrons. The zero-order valence-electron chi connectivity index (χ0n) is 12.7. The largest absolute Gasteiger partial charge is 0.399 e. The van der Waals surface area contributed by atoms with Gasteiger partial charge in [-0.3, -0.25) is 9.69 Å². The van der Waals surface area contributed by atoms with Crippen LogP contribution in [0.15, 0.2) is 24.3 Å². The maximum absolute atomic E-state index is 12.3. The van der Waals surface area contributed by atoms with Crippen molar-refractivity contribution in [3.05, 3.63) is 29.8 Å². The minimum Gasteiger partial charge on any atom is -0.399 e. The summed E-state index contributed by atoms with van der Waals surface area (Å²) in [7, 11) is 0. The molecule has 124 valence electrons. The Hall–Kier alpha value is -0.970. The van der Waals surface area contributed by atoms with Crippen molar-refractivity contribution in [1.82, 2.24) is 9.80 Å². The summed E-state index contributed by atoms with van der Waals surface area (Å²) < 4.78 is 0. The van der Waals surface area contributed by atoms with E-state index in [0.29, 0.717) is 12.5 Å². The highest BCUT2D eigenvalue weighted by Gasteiger charge is 2.32. The Morgan fingerprint density at radius 2 is 1.95 bits per heavy atom. The van der Waals surface area contributed by atoms with Crippen LogP contribution in [-0.2, 0) is 11.2 Å². The second-order valence-corrected chi connectivity index (χ2v) is 5.87. The molecule has 0 saturated carbocycles. The zero-order chi connectivity index (χ0) is 13.9. The molecule has 1 unspecified atom stereocenters. The SMILES string of the molecule is Cl.Cl.Nc1ccccc1CCC(=O)N1CCN2CCCC2C1. The molecule has 1 atom stereocenters. The van der Waals surface area contributed by atoms with Crippen LogP contribution in [0.2, 0.25) is 0 Å². The van der Waals surface area contributed by atoms with Crippen LogP contribution in [0.5, 0.6) is 0 Å². The molecule has 1 aromatic carbocycles. The Morgan fingerprint density at radius 1 is 1.18 bits per heavy atom. The minimum absolute atomic E-state index is 0. The van der Waals surface area contributed by atoms with E-state index in [1.54, 1.807) is 0 Å². The third kappa shape index (κ3) is 4.28. The lowest BCUT2D eigenvalue weighted by Gasteiger charge is -2.37. The number of nitrogen functional groups attached to an aromatic ring is 1. The highest BCUT2D eigenvalue weighted by atomic mass is 35.5. The molecule has 2 heterocycles. The van der Waals surface area contributed by atoms with Gasteiger partial charge in [-0.2, -0.15) is 0 Å². The van der Waals surface area contributed by atoms with Crippen molar-refractivity contribution < 1.29 is 4.79 Å². The predicted molar refractivity (Wildman–Crippen MR) is 94.8 cm³/mol. The van der Waals surface area contributed by atoms with Gasteiger partial charge < -0.3 is 10.6 Å². The summed E-state index contributed by atoms with van der Waals surface area (Å²) in [6, 6.07) is 8.43. The predicted octanol–water partition coefficient (Wildman–Crippen LogP) is 2.35. The van der Waals surface area contributed by atoms with Crippen molar-refractivity contribution >= 4 is 36.4 Å². The van der Waals surface area contributed by atoms with Crippen molar-refractivity contribution in [1.29, 1.82) is 0 Å². The molecule has 3 rings (SSSR count). The molecule has 22 heavy (non-hydrogen) atoms. The standard InChI is InChI=1S/C16H23N3O.2ClH/c17-15-6-2-1-4-13(15)7-8-16(20)19-11-10-18-9-3-5-14(18)12-19;;/h1-2,4,6,14H,3,5,7-12,17H2;2*1H. The molecule has 2 aliphatic rings. The average Bonchev–Trinajstić information content (AvgIpc) is 2.93. The summed E-state index contributed by atoms with van der Waals surface area (Å²) in [5.41, 5.74) is 7.80. The molecule has 0 bridgehead atoms. The Kier molecular flexibility index (Phi) is 7.46. The monoisotopic (exact) mass is 345 g/mol. The van der Waals surface area contributed by atoms with Crippen LogP contribution in [0.1, 0.15) is 24.8 Å². The van der Waals surface area contributed by atoms with Crippen LogP contribution >= 0.6 is 24.8 Å². The lowest BCUT2D eigenvalue weighted by molar-refractivity contribution is -0.133. The van der Waals surface area contributed by atoms with Crippen molar-refractivity contribution in [3.63, 3.8) is 0 Å². The van der Waals surface area contributed by atoms with Crippen LogP contribution in [-0.4, -0.2) is 47.9 Å². The fraction of sp³-hybridized carbons (Fsp3) is 0.562. The molecule has 4 nitrogen and oxygen atoms in total. The molecule has 0 aliphatic carbocycles. The number of hydrogen-bond acceptors (Lipinski definition) is 3. The molecule has 2 fully saturated rings. The van der Waals surface area contributed by atoms with Crippen molar-refractivity contribution in [3.8, 4) is 0 Å². The Bertz CT molecular complexity index is 498. The summed E-state index contributed by atoms with van der Waals surface area (Å²) in [5.74, 6) is 0.278. The molecular formula is C16H25Cl2N3O. The normalized spacial score (nSPS) is 20.7. The number of nitrogens with zero attached hydrogens (tertiary/aromatic N) is 2. The van der Waals surface area contributed by atoms with Crippen LogP contribution in [0.4, 0.5) is 5.69 Å². The Labute approximate surface area is 144 Å². The van der Waals surface area contributed by atoms with Gasteiger partial charge in [-0.05, 0) is 37.4 Å². The number of piperazine rings is 1. The Balaban J connectivity index is 0.00000121. The van der Waals surface area contributed by atoms with Gasteiger partial charge in [-0.1, -0.05) is 18.2 Å². The van der Waals surface area contributed by atoms with Crippen LogP contribution < -0.4 is 5.73 Å². The lowest BCUT2D eigenvalue weighted by atomic mass is 10.1. The summed E-state index contributed by atoms with van der Waals surface area (Å²) in [4.78, 5) is 16.9. The van der Waals surface area contributed by atoms with E-state index in [-0.39, 0.29) is 30.7 Å². The third-order valence-electron chi connectivity index (χ3n) is 4.60. The van der Waals surface area contributed by atoms with E-state index in [1.165, 1.54) is 19.4 Å². The molecule has 2 N–H and O–H groups in total. The second kappa shape index (κ2) is 8.61. The maximum Gasteiger partial charge on any atom is 0.222 e. The molecule has 1 amide bonds.